The van der Waals surface area contributed by atoms with Crippen molar-refractivity contribution in [1.82, 2.24) is 15.1 Å². The maximum atomic E-state index is 14.8. The number of nitrogens with zero attached hydrogens (tertiary/aromatic N) is 4. The first kappa shape index (κ1) is 24.6. The summed E-state index contributed by atoms with van der Waals surface area (Å²) >= 11 is 0. The highest BCUT2D eigenvalue weighted by Gasteiger charge is 2.73. The molecular formula is C32H34F2N4O2. The Balaban J connectivity index is 1.09. The van der Waals surface area contributed by atoms with Gasteiger partial charge in [-0.15, -0.1) is 0 Å². The van der Waals surface area contributed by atoms with Crippen molar-refractivity contribution in [1.29, 1.82) is 0 Å². The second kappa shape index (κ2) is 8.20. The summed E-state index contributed by atoms with van der Waals surface area (Å²) in [5.74, 6) is 1.77. The van der Waals surface area contributed by atoms with Crippen LogP contribution in [-0.2, 0) is 10.2 Å². The third-order valence-corrected chi connectivity index (χ3v) is 10.8. The summed E-state index contributed by atoms with van der Waals surface area (Å²) < 4.78 is 35.1. The van der Waals surface area contributed by atoms with Gasteiger partial charge in [0.25, 0.3) is 0 Å². The van der Waals surface area contributed by atoms with Crippen molar-refractivity contribution in [2.75, 3.05) is 11.4 Å². The van der Waals surface area contributed by atoms with E-state index in [2.05, 4.69) is 10.1 Å². The molecule has 0 aliphatic heterocycles. The number of alkyl halides is 1. The molecule has 7 saturated carbocycles. The number of hydrogen-bond donors (Lipinski definition) is 0. The molecule has 0 spiro atoms. The van der Waals surface area contributed by atoms with Gasteiger partial charge in [0.05, 0.1) is 5.41 Å². The average Bonchev–Trinajstić information content (AvgIpc) is 3.67. The molecule has 0 radical (unpaired) electrons. The Kier molecular flexibility index (Phi) is 5.05. The van der Waals surface area contributed by atoms with Gasteiger partial charge in [0.2, 0.25) is 11.8 Å². The fraction of sp³-hybridized carbons (Fsp3) is 0.562. The minimum absolute atomic E-state index is 0.0173. The fourth-order valence-electron chi connectivity index (χ4n) is 8.14. The molecule has 0 N–H and O–H groups in total. The third kappa shape index (κ3) is 3.70. The largest absolute Gasteiger partial charge is 0.339 e. The van der Waals surface area contributed by atoms with Crippen LogP contribution >= 0.6 is 0 Å². The van der Waals surface area contributed by atoms with E-state index in [1.165, 1.54) is 6.07 Å². The number of pyridine rings is 1. The Bertz CT molecular complexity index is 1480. The number of hydrogen-bond acceptors (Lipinski definition) is 5. The van der Waals surface area contributed by atoms with Crippen molar-refractivity contribution in [3.63, 3.8) is 0 Å². The summed E-state index contributed by atoms with van der Waals surface area (Å²) in [6.07, 6.45) is 9.10. The summed E-state index contributed by atoms with van der Waals surface area (Å²) in [6.45, 7) is 2.43. The Hall–Kier alpha value is -3.16. The molecule has 1 aromatic carbocycles. The molecule has 10 rings (SSSR count). The maximum absolute atomic E-state index is 14.8. The smallest absolute Gasteiger partial charge is 0.233 e. The lowest BCUT2D eigenvalue weighted by atomic mass is 9.41. The standard InChI is InChI=1S/C32H34F2N4O2/c1-20-5-8-24(33)25(35-20)22-3-2-4-23(15-22)38(28(39)31-16-32(34,17-31)18-31)19-29-9-12-30(13-10-29,14-11-29)27-36-26(37-40-27)21-6-7-21/h2-5,8,15,21H,6-7,9-14,16-19H2,1H3. The Labute approximate surface area is 232 Å². The Morgan fingerprint density at radius 1 is 1.02 bits per heavy atom. The van der Waals surface area contributed by atoms with Gasteiger partial charge < -0.3 is 9.42 Å². The molecule has 7 aliphatic carbocycles. The van der Waals surface area contributed by atoms with Crippen LogP contribution in [0.3, 0.4) is 0 Å². The highest BCUT2D eigenvalue weighted by molar-refractivity contribution is 6.00. The van der Waals surface area contributed by atoms with Gasteiger partial charge in [0, 0.05) is 34.8 Å². The molecule has 4 bridgehead atoms. The second-order valence-electron chi connectivity index (χ2n) is 13.7. The Morgan fingerprint density at radius 2 is 1.75 bits per heavy atom. The molecule has 40 heavy (non-hydrogen) atoms. The van der Waals surface area contributed by atoms with Gasteiger partial charge in [0.15, 0.2) is 5.82 Å². The van der Waals surface area contributed by atoms with E-state index < -0.39 is 11.1 Å². The normalized spacial score (nSPS) is 33.8. The fourth-order valence-corrected chi connectivity index (χ4v) is 8.14. The molecule has 0 saturated heterocycles. The van der Waals surface area contributed by atoms with Crippen molar-refractivity contribution >= 4 is 11.6 Å². The lowest BCUT2D eigenvalue weighted by Gasteiger charge is -2.65. The van der Waals surface area contributed by atoms with Gasteiger partial charge in [-0.2, -0.15) is 4.98 Å². The molecule has 0 unspecified atom stereocenters. The first-order valence-electron chi connectivity index (χ1n) is 14.8. The van der Waals surface area contributed by atoms with E-state index in [0.717, 1.165) is 74.5 Å². The average molecular weight is 545 g/mol. The van der Waals surface area contributed by atoms with Crippen LogP contribution in [0.2, 0.25) is 0 Å². The zero-order chi connectivity index (χ0) is 27.3. The summed E-state index contributed by atoms with van der Waals surface area (Å²) in [7, 11) is 0. The van der Waals surface area contributed by atoms with E-state index in [9.17, 15) is 13.6 Å². The van der Waals surface area contributed by atoms with E-state index in [4.69, 9.17) is 9.51 Å². The quantitative estimate of drug-likeness (QED) is 0.321. The van der Waals surface area contributed by atoms with Gasteiger partial charge in [-0.3, -0.25) is 9.78 Å². The van der Waals surface area contributed by atoms with Crippen molar-refractivity contribution in [2.45, 2.75) is 94.6 Å². The molecule has 1 amide bonds. The molecule has 7 fully saturated rings. The molecule has 8 heteroatoms. The highest BCUT2D eigenvalue weighted by Crippen LogP contribution is 2.70. The number of aromatic nitrogens is 3. The minimum atomic E-state index is -1.16. The predicted octanol–water partition coefficient (Wildman–Crippen LogP) is 6.97. The SMILES string of the molecule is Cc1ccc(F)c(-c2cccc(N(CC34CCC(c5nc(C6CC6)no5)(CC3)CC4)C(=O)C34CC(F)(C3)C4)c2)n1. The monoisotopic (exact) mass is 544 g/mol. The lowest BCUT2D eigenvalue weighted by Crippen LogP contribution is -2.71. The van der Waals surface area contributed by atoms with Crippen molar-refractivity contribution in [2.24, 2.45) is 10.8 Å². The maximum Gasteiger partial charge on any atom is 0.233 e. The highest BCUT2D eigenvalue weighted by atomic mass is 19.1. The Morgan fingerprint density at radius 3 is 2.42 bits per heavy atom. The summed E-state index contributed by atoms with van der Waals surface area (Å²) in [5.41, 5.74) is 0.572. The lowest BCUT2D eigenvalue weighted by molar-refractivity contribution is -0.211. The van der Waals surface area contributed by atoms with E-state index >= 15 is 0 Å². The third-order valence-electron chi connectivity index (χ3n) is 10.8. The van der Waals surface area contributed by atoms with Gasteiger partial charge in [-0.05, 0) is 107 Å². The molecular weight excluding hydrogens is 510 g/mol. The molecule has 6 nitrogen and oxygen atoms in total. The van der Waals surface area contributed by atoms with Crippen LogP contribution in [0.25, 0.3) is 11.3 Å². The zero-order valence-electron chi connectivity index (χ0n) is 22.9. The number of carbonyl (C=O) groups excluding carboxylic acids is 1. The van der Waals surface area contributed by atoms with Crippen molar-refractivity contribution < 1.29 is 18.1 Å². The summed E-state index contributed by atoms with van der Waals surface area (Å²) in [5, 5.41) is 4.29. The van der Waals surface area contributed by atoms with Gasteiger partial charge in [0.1, 0.15) is 17.2 Å². The number of fused-ring (bicyclic) bond motifs is 3. The molecule has 2 aromatic heterocycles. The van der Waals surface area contributed by atoms with Crippen LogP contribution in [-0.4, -0.2) is 33.2 Å². The number of rotatable bonds is 7. The topological polar surface area (TPSA) is 72.1 Å². The number of anilines is 1. The van der Waals surface area contributed by atoms with Crippen LogP contribution < -0.4 is 4.90 Å². The van der Waals surface area contributed by atoms with Crippen LogP contribution in [0.15, 0.2) is 40.9 Å². The summed E-state index contributed by atoms with van der Waals surface area (Å²) in [4.78, 5) is 25.3. The second-order valence-corrected chi connectivity index (χ2v) is 13.7. The summed E-state index contributed by atoms with van der Waals surface area (Å²) in [6, 6.07) is 10.6. The molecule has 2 heterocycles. The first-order chi connectivity index (χ1) is 19.2. The number of carbonyl (C=O) groups is 1. The number of halogens is 2. The van der Waals surface area contributed by atoms with Crippen LogP contribution in [0.5, 0.6) is 0 Å². The van der Waals surface area contributed by atoms with E-state index in [-0.39, 0.29) is 28.2 Å². The predicted molar refractivity (Wildman–Crippen MR) is 145 cm³/mol. The van der Waals surface area contributed by atoms with Crippen molar-refractivity contribution in [3.05, 3.63) is 59.6 Å². The van der Waals surface area contributed by atoms with Gasteiger partial charge >= 0.3 is 0 Å². The number of amides is 1. The molecule has 208 valence electrons. The van der Waals surface area contributed by atoms with Crippen LogP contribution in [0.4, 0.5) is 14.5 Å². The molecule has 7 aliphatic rings. The zero-order valence-corrected chi connectivity index (χ0v) is 22.9. The van der Waals surface area contributed by atoms with E-state index in [1.807, 2.05) is 36.1 Å². The molecule has 3 aromatic rings. The molecule has 0 atom stereocenters. The minimum Gasteiger partial charge on any atom is -0.339 e. The first-order valence-corrected chi connectivity index (χ1v) is 14.8. The van der Waals surface area contributed by atoms with Crippen LogP contribution in [0.1, 0.15) is 94.0 Å². The number of aryl methyl sites for hydroxylation is 1. The number of benzene rings is 1. The van der Waals surface area contributed by atoms with E-state index in [0.29, 0.717) is 37.3 Å². The van der Waals surface area contributed by atoms with Gasteiger partial charge in [-0.1, -0.05) is 17.3 Å². The van der Waals surface area contributed by atoms with Gasteiger partial charge in [-0.25, -0.2) is 8.78 Å². The van der Waals surface area contributed by atoms with E-state index in [1.54, 1.807) is 6.07 Å². The van der Waals surface area contributed by atoms with Crippen LogP contribution in [0, 0.1) is 23.6 Å². The van der Waals surface area contributed by atoms with Crippen molar-refractivity contribution in [3.8, 4) is 11.3 Å².